The van der Waals surface area contributed by atoms with E-state index in [1.807, 2.05) is 13.0 Å². The number of halogens is 1. The average Bonchev–Trinajstić information content (AvgIpc) is 2.72. The Bertz CT molecular complexity index is 578. The van der Waals surface area contributed by atoms with Gasteiger partial charge in [0.05, 0.1) is 12.1 Å². The normalized spacial score (nSPS) is 10.3. The largest absolute Gasteiger partial charge is 0.465 e. The number of anilines is 1. The van der Waals surface area contributed by atoms with Crippen LogP contribution in [-0.2, 0) is 6.54 Å². The number of carbonyl (C=O) groups excluding carboxylic acids is 1. The molecule has 94 valence electrons. The molecule has 0 aliphatic carbocycles. The first kappa shape index (κ1) is 12.2. The standard InChI is InChI=1S/C13H13FN2O2/c1-8-2-4-10(18-8)7-16-13(17)11-5-3-9(14)6-12(11)15/h2-6H,7,15H2,1H3,(H,16,17). The molecular formula is C13H13FN2O2. The fraction of sp³-hybridized carbons (Fsp3) is 0.154. The number of amides is 1. The Morgan fingerprint density at radius 2 is 2.17 bits per heavy atom. The van der Waals surface area contributed by atoms with E-state index in [2.05, 4.69) is 5.32 Å². The summed E-state index contributed by atoms with van der Waals surface area (Å²) < 4.78 is 18.2. The Morgan fingerprint density at radius 3 is 2.78 bits per heavy atom. The minimum absolute atomic E-state index is 0.114. The molecule has 0 atom stereocenters. The molecule has 0 bridgehead atoms. The van der Waals surface area contributed by atoms with Crippen LogP contribution in [0.2, 0.25) is 0 Å². The van der Waals surface area contributed by atoms with Gasteiger partial charge in [0, 0.05) is 5.69 Å². The van der Waals surface area contributed by atoms with Crippen molar-refractivity contribution in [2.24, 2.45) is 0 Å². The summed E-state index contributed by atoms with van der Waals surface area (Å²) in [5.41, 5.74) is 5.93. The molecule has 0 fully saturated rings. The molecule has 0 unspecified atom stereocenters. The molecule has 1 heterocycles. The number of benzene rings is 1. The molecule has 0 spiro atoms. The van der Waals surface area contributed by atoms with E-state index >= 15 is 0 Å². The Labute approximate surface area is 104 Å². The molecule has 0 radical (unpaired) electrons. The second kappa shape index (κ2) is 4.91. The van der Waals surface area contributed by atoms with Gasteiger partial charge in [0.2, 0.25) is 0 Å². The predicted molar refractivity (Wildman–Crippen MR) is 65.4 cm³/mol. The van der Waals surface area contributed by atoms with Gasteiger partial charge in [0.15, 0.2) is 0 Å². The van der Waals surface area contributed by atoms with Crippen LogP contribution in [0.4, 0.5) is 10.1 Å². The van der Waals surface area contributed by atoms with Gasteiger partial charge < -0.3 is 15.5 Å². The minimum Gasteiger partial charge on any atom is -0.465 e. The first-order chi connectivity index (χ1) is 8.56. The lowest BCUT2D eigenvalue weighted by Crippen LogP contribution is -2.23. The van der Waals surface area contributed by atoms with Crippen LogP contribution in [0.3, 0.4) is 0 Å². The van der Waals surface area contributed by atoms with Crippen molar-refractivity contribution in [3.63, 3.8) is 0 Å². The van der Waals surface area contributed by atoms with E-state index in [0.29, 0.717) is 5.76 Å². The number of nitrogens with one attached hydrogen (secondary N) is 1. The van der Waals surface area contributed by atoms with Gasteiger partial charge in [-0.2, -0.15) is 0 Å². The van der Waals surface area contributed by atoms with Crippen LogP contribution in [0.25, 0.3) is 0 Å². The second-order valence-corrected chi connectivity index (χ2v) is 3.93. The van der Waals surface area contributed by atoms with Gasteiger partial charge >= 0.3 is 0 Å². The third-order valence-electron chi connectivity index (χ3n) is 2.48. The molecule has 4 nitrogen and oxygen atoms in total. The van der Waals surface area contributed by atoms with E-state index in [-0.39, 0.29) is 23.7 Å². The first-order valence-corrected chi connectivity index (χ1v) is 5.45. The Kier molecular flexibility index (Phi) is 3.32. The van der Waals surface area contributed by atoms with Gasteiger partial charge in [-0.25, -0.2) is 4.39 Å². The number of rotatable bonds is 3. The molecule has 0 saturated heterocycles. The SMILES string of the molecule is Cc1ccc(CNC(=O)c2ccc(F)cc2N)o1. The van der Waals surface area contributed by atoms with Crippen molar-refractivity contribution >= 4 is 11.6 Å². The van der Waals surface area contributed by atoms with Crippen LogP contribution in [-0.4, -0.2) is 5.91 Å². The molecule has 2 aromatic rings. The van der Waals surface area contributed by atoms with Gasteiger partial charge in [-0.05, 0) is 37.3 Å². The summed E-state index contributed by atoms with van der Waals surface area (Å²) in [6.45, 7) is 2.09. The lowest BCUT2D eigenvalue weighted by atomic mass is 10.1. The predicted octanol–water partition coefficient (Wildman–Crippen LogP) is 2.24. The van der Waals surface area contributed by atoms with Crippen molar-refractivity contribution in [1.82, 2.24) is 5.32 Å². The summed E-state index contributed by atoms with van der Waals surface area (Å²) in [5, 5.41) is 2.65. The maximum absolute atomic E-state index is 12.8. The summed E-state index contributed by atoms with van der Waals surface area (Å²) >= 11 is 0. The third-order valence-corrected chi connectivity index (χ3v) is 2.48. The highest BCUT2D eigenvalue weighted by Gasteiger charge is 2.10. The molecule has 1 aromatic carbocycles. The van der Waals surface area contributed by atoms with Gasteiger partial charge in [-0.15, -0.1) is 0 Å². The molecular weight excluding hydrogens is 235 g/mol. The molecule has 18 heavy (non-hydrogen) atoms. The fourth-order valence-corrected chi connectivity index (χ4v) is 1.58. The fourth-order valence-electron chi connectivity index (χ4n) is 1.58. The van der Waals surface area contributed by atoms with Crippen LogP contribution in [0.5, 0.6) is 0 Å². The van der Waals surface area contributed by atoms with E-state index in [9.17, 15) is 9.18 Å². The van der Waals surface area contributed by atoms with E-state index in [1.165, 1.54) is 12.1 Å². The summed E-state index contributed by atoms with van der Waals surface area (Å²) in [5.74, 6) is 0.606. The molecule has 3 N–H and O–H groups in total. The average molecular weight is 248 g/mol. The smallest absolute Gasteiger partial charge is 0.253 e. The molecule has 1 aromatic heterocycles. The minimum atomic E-state index is -0.467. The van der Waals surface area contributed by atoms with Crippen LogP contribution in [0.15, 0.2) is 34.7 Å². The molecule has 0 aliphatic rings. The van der Waals surface area contributed by atoms with Crippen molar-refractivity contribution in [3.05, 3.63) is 53.2 Å². The van der Waals surface area contributed by atoms with Crippen molar-refractivity contribution in [3.8, 4) is 0 Å². The summed E-state index contributed by atoms with van der Waals surface area (Å²) in [6, 6.07) is 7.26. The van der Waals surface area contributed by atoms with Gasteiger partial charge in [-0.1, -0.05) is 0 Å². The molecule has 5 heteroatoms. The quantitative estimate of drug-likeness (QED) is 0.818. The highest BCUT2D eigenvalue weighted by Crippen LogP contribution is 2.13. The highest BCUT2D eigenvalue weighted by atomic mass is 19.1. The Morgan fingerprint density at radius 1 is 1.39 bits per heavy atom. The number of nitrogen functional groups attached to an aromatic ring is 1. The van der Waals surface area contributed by atoms with E-state index in [0.717, 1.165) is 11.8 Å². The third kappa shape index (κ3) is 2.68. The van der Waals surface area contributed by atoms with Crippen molar-refractivity contribution in [2.75, 3.05) is 5.73 Å². The van der Waals surface area contributed by atoms with Crippen LogP contribution >= 0.6 is 0 Å². The zero-order chi connectivity index (χ0) is 13.1. The van der Waals surface area contributed by atoms with Crippen LogP contribution in [0, 0.1) is 12.7 Å². The zero-order valence-electron chi connectivity index (χ0n) is 9.87. The number of aryl methyl sites for hydroxylation is 1. The lowest BCUT2D eigenvalue weighted by Gasteiger charge is -2.06. The van der Waals surface area contributed by atoms with Gasteiger partial charge in [0.25, 0.3) is 5.91 Å². The maximum Gasteiger partial charge on any atom is 0.253 e. The zero-order valence-corrected chi connectivity index (χ0v) is 9.87. The van der Waals surface area contributed by atoms with Gasteiger partial charge in [-0.3, -0.25) is 4.79 Å². The van der Waals surface area contributed by atoms with E-state index in [4.69, 9.17) is 10.2 Å². The van der Waals surface area contributed by atoms with Crippen LogP contribution < -0.4 is 11.1 Å². The lowest BCUT2D eigenvalue weighted by molar-refractivity contribution is 0.0948. The number of furan rings is 1. The molecule has 0 saturated carbocycles. The van der Waals surface area contributed by atoms with Gasteiger partial charge in [0.1, 0.15) is 17.3 Å². The number of hydrogen-bond acceptors (Lipinski definition) is 3. The topological polar surface area (TPSA) is 68.3 Å². The Balaban J connectivity index is 2.03. The molecule has 0 aliphatic heterocycles. The number of hydrogen-bond donors (Lipinski definition) is 2. The second-order valence-electron chi connectivity index (χ2n) is 3.93. The summed E-state index contributed by atoms with van der Waals surface area (Å²) in [4.78, 5) is 11.8. The first-order valence-electron chi connectivity index (χ1n) is 5.45. The summed E-state index contributed by atoms with van der Waals surface area (Å²) in [7, 11) is 0. The number of nitrogens with two attached hydrogens (primary N) is 1. The van der Waals surface area contributed by atoms with Crippen molar-refractivity contribution in [1.29, 1.82) is 0 Å². The molecule has 1 amide bonds. The van der Waals surface area contributed by atoms with E-state index < -0.39 is 5.82 Å². The number of carbonyl (C=O) groups is 1. The van der Waals surface area contributed by atoms with E-state index in [1.54, 1.807) is 6.07 Å². The highest BCUT2D eigenvalue weighted by molar-refractivity contribution is 5.98. The maximum atomic E-state index is 12.8. The Hall–Kier alpha value is -2.30. The monoisotopic (exact) mass is 248 g/mol. The van der Waals surface area contributed by atoms with Crippen molar-refractivity contribution in [2.45, 2.75) is 13.5 Å². The van der Waals surface area contributed by atoms with Crippen molar-refractivity contribution < 1.29 is 13.6 Å². The molecule has 2 rings (SSSR count). The van der Waals surface area contributed by atoms with Crippen LogP contribution in [0.1, 0.15) is 21.9 Å². The summed E-state index contributed by atoms with van der Waals surface area (Å²) in [6.07, 6.45) is 0.